The Morgan fingerprint density at radius 3 is 2.68 bits per heavy atom. The lowest BCUT2D eigenvalue weighted by molar-refractivity contribution is 0.0599. The van der Waals surface area contributed by atoms with Crippen molar-refractivity contribution >= 4 is 5.97 Å². The second-order valence-corrected chi connectivity index (χ2v) is 5.66. The molecule has 3 saturated heterocycles. The Hall–Kier alpha value is -1.42. The Bertz CT molecular complexity index is 493. The predicted molar refractivity (Wildman–Crippen MR) is 72.2 cm³/mol. The van der Waals surface area contributed by atoms with Gasteiger partial charge in [0, 0.05) is 24.4 Å². The zero-order valence-corrected chi connectivity index (χ0v) is 11.6. The first-order chi connectivity index (χ1) is 9.19. The van der Waals surface area contributed by atoms with Gasteiger partial charge < -0.3 is 9.64 Å². The van der Waals surface area contributed by atoms with E-state index in [1.165, 1.54) is 33.0 Å². The normalized spacial score (nSPS) is 29.3. The highest BCUT2D eigenvalue weighted by molar-refractivity contribution is 5.90. The smallest absolute Gasteiger partial charge is 0.339 e. The monoisotopic (exact) mass is 260 g/mol. The van der Waals surface area contributed by atoms with Crippen LogP contribution in [-0.4, -0.2) is 42.6 Å². The van der Waals surface area contributed by atoms with E-state index in [1.54, 1.807) is 6.20 Å². The average molecular weight is 260 g/mol. The third-order valence-electron chi connectivity index (χ3n) is 4.57. The molecule has 0 amide bonds. The molecule has 1 aromatic rings. The van der Waals surface area contributed by atoms with Crippen molar-refractivity contribution < 1.29 is 9.53 Å². The van der Waals surface area contributed by atoms with E-state index >= 15 is 0 Å². The highest BCUT2D eigenvalue weighted by atomic mass is 16.5. The Balaban J connectivity index is 1.86. The number of aromatic nitrogens is 1. The largest absolute Gasteiger partial charge is 0.465 e. The number of hydrogen-bond donors (Lipinski definition) is 0. The van der Waals surface area contributed by atoms with Crippen molar-refractivity contribution in [3.63, 3.8) is 0 Å². The minimum atomic E-state index is -0.300. The van der Waals surface area contributed by atoms with Gasteiger partial charge in [0.2, 0.25) is 0 Å². The van der Waals surface area contributed by atoms with Crippen LogP contribution >= 0.6 is 0 Å². The molecule has 3 aliphatic heterocycles. The number of piperidine rings is 3. The van der Waals surface area contributed by atoms with Crippen LogP contribution in [0.5, 0.6) is 0 Å². The number of hydrogen-bond acceptors (Lipinski definition) is 4. The molecule has 0 saturated carbocycles. The summed E-state index contributed by atoms with van der Waals surface area (Å²) in [6.45, 7) is 5.55. The van der Waals surface area contributed by atoms with E-state index in [0.29, 0.717) is 11.5 Å². The van der Waals surface area contributed by atoms with Crippen molar-refractivity contribution in [3.05, 3.63) is 29.1 Å². The molecule has 1 unspecified atom stereocenters. The number of ether oxygens (including phenoxy) is 1. The maximum Gasteiger partial charge on any atom is 0.339 e. The number of carbonyl (C=O) groups excluding carboxylic acids is 1. The number of rotatable bonds is 2. The van der Waals surface area contributed by atoms with Crippen molar-refractivity contribution in [2.75, 3.05) is 26.7 Å². The van der Waals surface area contributed by atoms with E-state index in [4.69, 9.17) is 4.74 Å². The topological polar surface area (TPSA) is 42.4 Å². The molecule has 0 spiro atoms. The van der Waals surface area contributed by atoms with Gasteiger partial charge in [0.05, 0.1) is 12.7 Å². The Labute approximate surface area is 113 Å². The van der Waals surface area contributed by atoms with Gasteiger partial charge in [0.15, 0.2) is 0 Å². The summed E-state index contributed by atoms with van der Waals surface area (Å²) in [6.07, 6.45) is 4.24. The molecule has 0 radical (unpaired) electrons. The zero-order chi connectivity index (χ0) is 13.4. The fourth-order valence-electron chi connectivity index (χ4n) is 3.40. The Kier molecular flexibility index (Phi) is 3.27. The fourth-order valence-corrected chi connectivity index (χ4v) is 3.40. The standard InChI is InChI=1S/C15H20N2O2/c1-10-7-14(16-8-12(10)15(18)19-2)13-9-17-5-3-11(13)4-6-17/h7-8,11,13H,3-6,9H2,1-2H3. The first-order valence-electron chi connectivity index (χ1n) is 6.96. The number of esters is 1. The number of nitrogens with zero attached hydrogens (tertiary/aromatic N) is 2. The zero-order valence-electron chi connectivity index (χ0n) is 11.6. The molecule has 1 aromatic heterocycles. The second kappa shape index (κ2) is 4.93. The summed E-state index contributed by atoms with van der Waals surface area (Å²) in [4.78, 5) is 18.6. The van der Waals surface area contributed by atoms with Gasteiger partial charge in [0.1, 0.15) is 0 Å². The van der Waals surface area contributed by atoms with Gasteiger partial charge in [-0.2, -0.15) is 0 Å². The molecule has 4 heteroatoms. The van der Waals surface area contributed by atoms with Gasteiger partial charge in [-0.15, -0.1) is 0 Å². The van der Waals surface area contributed by atoms with Crippen LogP contribution in [0.2, 0.25) is 0 Å². The molecule has 3 fully saturated rings. The quantitative estimate of drug-likeness (QED) is 0.763. The maximum absolute atomic E-state index is 11.6. The highest BCUT2D eigenvalue weighted by Crippen LogP contribution is 2.38. The van der Waals surface area contributed by atoms with Crippen LogP contribution in [0, 0.1) is 12.8 Å². The van der Waals surface area contributed by atoms with Crippen LogP contribution in [0.3, 0.4) is 0 Å². The highest BCUT2D eigenvalue weighted by Gasteiger charge is 2.35. The van der Waals surface area contributed by atoms with Crippen molar-refractivity contribution in [3.8, 4) is 0 Å². The fraction of sp³-hybridized carbons (Fsp3) is 0.600. The molecule has 4 rings (SSSR count). The molecule has 102 valence electrons. The maximum atomic E-state index is 11.6. The van der Waals surface area contributed by atoms with Crippen molar-refractivity contribution in [1.82, 2.24) is 9.88 Å². The molecular weight excluding hydrogens is 240 g/mol. The van der Waals surface area contributed by atoms with Gasteiger partial charge in [0.25, 0.3) is 0 Å². The minimum Gasteiger partial charge on any atom is -0.465 e. The van der Waals surface area contributed by atoms with Crippen molar-refractivity contribution in [2.45, 2.75) is 25.7 Å². The summed E-state index contributed by atoms with van der Waals surface area (Å²) in [6, 6.07) is 2.07. The van der Waals surface area contributed by atoms with Gasteiger partial charge in [-0.05, 0) is 50.4 Å². The van der Waals surface area contributed by atoms with Gasteiger partial charge in [-0.3, -0.25) is 4.98 Å². The van der Waals surface area contributed by atoms with Gasteiger partial charge >= 0.3 is 5.97 Å². The van der Waals surface area contributed by atoms with E-state index in [-0.39, 0.29) is 5.97 Å². The second-order valence-electron chi connectivity index (χ2n) is 5.66. The summed E-state index contributed by atoms with van der Waals surface area (Å²) < 4.78 is 4.76. The molecule has 19 heavy (non-hydrogen) atoms. The molecule has 2 bridgehead atoms. The van der Waals surface area contributed by atoms with E-state index in [0.717, 1.165) is 23.7 Å². The van der Waals surface area contributed by atoms with Crippen LogP contribution in [0.1, 0.15) is 40.4 Å². The summed E-state index contributed by atoms with van der Waals surface area (Å²) >= 11 is 0. The van der Waals surface area contributed by atoms with Crippen LogP contribution < -0.4 is 0 Å². The third kappa shape index (κ3) is 2.25. The molecule has 3 aliphatic rings. The molecule has 1 atom stereocenters. The number of pyridine rings is 1. The lowest BCUT2D eigenvalue weighted by atomic mass is 9.77. The Morgan fingerprint density at radius 2 is 2.16 bits per heavy atom. The van der Waals surface area contributed by atoms with Crippen LogP contribution in [0.4, 0.5) is 0 Å². The van der Waals surface area contributed by atoms with Crippen molar-refractivity contribution in [1.29, 1.82) is 0 Å². The molecular formula is C15H20N2O2. The summed E-state index contributed by atoms with van der Waals surface area (Å²) in [5, 5.41) is 0. The minimum absolute atomic E-state index is 0.300. The summed E-state index contributed by atoms with van der Waals surface area (Å²) in [5.74, 6) is 0.999. The van der Waals surface area contributed by atoms with Gasteiger partial charge in [-0.1, -0.05) is 0 Å². The third-order valence-corrected chi connectivity index (χ3v) is 4.57. The lowest BCUT2D eigenvalue weighted by Crippen LogP contribution is -2.46. The van der Waals surface area contributed by atoms with Crippen molar-refractivity contribution in [2.24, 2.45) is 5.92 Å². The number of carbonyl (C=O) groups is 1. The number of fused-ring (bicyclic) bond motifs is 3. The first kappa shape index (κ1) is 12.6. The van der Waals surface area contributed by atoms with Crippen LogP contribution in [-0.2, 0) is 4.74 Å². The number of aryl methyl sites for hydroxylation is 1. The molecule has 4 heterocycles. The summed E-state index contributed by atoms with van der Waals surface area (Å²) in [7, 11) is 1.41. The van der Waals surface area contributed by atoms with E-state index in [2.05, 4.69) is 16.0 Å². The molecule has 4 nitrogen and oxygen atoms in total. The number of methoxy groups -OCH3 is 1. The first-order valence-corrected chi connectivity index (χ1v) is 6.96. The van der Waals surface area contributed by atoms with E-state index < -0.39 is 0 Å². The SMILES string of the molecule is COC(=O)c1cnc(C2CN3CCC2CC3)cc1C. The molecule has 0 aliphatic carbocycles. The summed E-state index contributed by atoms with van der Waals surface area (Å²) in [5.41, 5.74) is 2.68. The predicted octanol–water partition coefficient (Wildman–Crippen LogP) is 1.99. The van der Waals surface area contributed by atoms with Gasteiger partial charge in [-0.25, -0.2) is 4.79 Å². The Morgan fingerprint density at radius 1 is 1.42 bits per heavy atom. The van der Waals surface area contributed by atoms with E-state index in [9.17, 15) is 4.79 Å². The average Bonchev–Trinajstić information content (AvgIpc) is 2.47. The molecule has 0 aromatic carbocycles. The van der Waals surface area contributed by atoms with Crippen LogP contribution in [0.15, 0.2) is 12.3 Å². The lowest BCUT2D eigenvalue weighted by Gasteiger charge is -2.44. The molecule has 0 N–H and O–H groups in total. The van der Waals surface area contributed by atoms with E-state index in [1.807, 2.05) is 6.92 Å². The van der Waals surface area contributed by atoms with Crippen LogP contribution in [0.25, 0.3) is 0 Å².